The van der Waals surface area contributed by atoms with E-state index in [1.807, 2.05) is 12.1 Å². The number of aliphatic hydroxyl groups is 2. The summed E-state index contributed by atoms with van der Waals surface area (Å²) in [6.45, 7) is 3.41. The predicted octanol–water partition coefficient (Wildman–Crippen LogP) is 2.90. The summed E-state index contributed by atoms with van der Waals surface area (Å²) < 4.78 is 12.0. The third-order valence-corrected chi connectivity index (χ3v) is 7.74. The fraction of sp³-hybridized carbons (Fsp3) is 0.519. The van der Waals surface area contributed by atoms with Crippen LogP contribution in [0.4, 0.5) is 0 Å². The highest BCUT2D eigenvalue weighted by Gasteiger charge is 2.42. The van der Waals surface area contributed by atoms with Crippen molar-refractivity contribution < 1.29 is 29.6 Å². The summed E-state index contributed by atoms with van der Waals surface area (Å²) >= 11 is 6.14. The number of nitrogens with zero attached hydrogens (tertiary/aromatic N) is 2. The zero-order valence-electron chi connectivity index (χ0n) is 20.2. The van der Waals surface area contributed by atoms with Crippen LogP contribution in [0.1, 0.15) is 47.2 Å². The second-order valence-electron chi connectivity index (χ2n) is 10.1. The van der Waals surface area contributed by atoms with Gasteiger partial charge in [-0.15, -0.1) is 0 Å². The van der Waals surface area contributed by atoms with Crippen molar-refractivity contribution in [1.82, 2.24) is 9.80 Å². The molecule has 0 radical (unpaired) electrons. The minimum atomic E-state index is -0.767. The van der Waals surface area contributed by atoms with Crippen molar-refractivity contribution in [3.63, 3.8) is 0 Å². The lowest BCUT2D eigenvalue weighted by Gasteiger charge is -2.39. The van der Waals surface area contributed by atoms with Crippen molar-refractivity contribution >= 4 is 17.5 Å². The molecule has 0 aliphatic carbocycles. The van der Waals surface area contributed by atoms with Crippen molar-refractivity contribution in [3.8, 4) is 11.5 Å². The van der Waals surface area contributed by atoms with Gasteiger partial charge in [-0.25, -0.2) is 0 Å². The van der Waals surface area contributed by atoms with Gasteiger partial charge in [0.15, 0.2) is 0 Å². The van der Waals surface area contributed by atoms with Gasteiger partial charge in [0.25, 0.3) is 5.91 Å². The van der Waals surface area contributed by atoms with Gasteiger partial charge in [-0.3, -0.25) is 4.79 Å². The highest BCUT2D eigenvalue weighted by molar-refractivity contribution is 6.30. The van der Waals surface area contributed by atoms with Gasteiger partial charge in [-0.05, 0) is 61.1 Å². The molecule has 3 heterocycles. The van der Waals surface area contributed by atoms with E-state index >= 15 is 0 Å². The Hall–Kier alpha value is -2.36. The standard InChI is InChI=1S/C27H33ClN2O6/c28-19-3-6-24-18(12-19)16-36-27(24)7-10-29(11-8-27)14-22(33)17-35-25-13-20(31)4-5-23(25)26(34)30-9-1-2-21(32)15-30/h3-6,12-13,21-22,31-33H,1-2,7-11,14-17H2/t21-,22-/m1/s1. The summed E-state index contributed by atoms with van der Waals surface area (Å²) in [7, 11) is 0. The molecule has 8 nitrogen and oxygen atoms in total. The molecule has 1 amide bonds. The van der Waals surface area contributed by atoms with E-state index in [0.717, 1.165) is 42.9 Å². The molecule has 2 aromatic carbocycles. The van der Waals surface area contributed by atoms with Gasteiger partial charge in [-0.2, -0.15) is 0 Å². The minimum absolute atomic E-state index is 0.00810. The topological polar surface area (TPSA) is 103 Å². The lowest BCUT2D eigenvalue weighted by atomic mass is 9.84. The van der Waals surface area contributed by atoms with E-state index in [2.05, 4.69) is 11.0 Å². The Bertz CT molecular complexity index is 1100. The van der Waals surface area contributed by atoms with Crippen LogP contribution in [0, 0.1) is 0 Å². The molecule has 9 heteroatoms. The molecular formula is C27H33ClN2O6. The first-order valence-corrected chi connectivity index (χ1v) is 13.0. The Balaban J connectivity index is 1.16. The average Bonchev–Trinajstić information content (AvgIpc) is 3.21. The zero-order chi connectivity index (χ0) is 25.3. The SMILES string of the molecule is O=C(c1ccc(O)cc1OC[C@H](O)CN1CCC2(CC1)OCc1cc(Cl)ccc12)N1CCC[C@@H](O)C1. The van der Waals surface area contributed by atoms with Crippen LogP contribution in [0.3, 0.4) is 0 Å². The third-order valence-electron chi connectivity index (χ3n) is 7.51. The van der Waals surface area contributed by atoms with Gasteiger partial charge in [0, 0.05) is 43.8 Å². The smallest absolute Gasteiger partial charge is 0.257 e. The quantitative estimate of drug-likeness (QED) is 0.542. The molecule has 0 bridgehead atoms. The Labute approximate surface area is 216 Å². The normalized spacial score (nSPS) is 22.4. The number of ether oxygens (including phenoxy) is 2. The molecular weight excluding hydrogens is 484 g/mol. The number of benzene rings is 2. The summed E-state index contributed by atoms with van der Waals surface area (Å²) in [6.07, 6.45) is 1.79. The zero-order valence-corrected chi connectivity index (χ0v) is 21.0. The molecule has 1 spiro atoms. The summed E-state index contributed by atoms with van der Waals surface area (Å²) in [6, 6.07) is 10.3. The van der Waals surface area contributed by atoms with Crippen molar-refractivity contribution in [2.24, 2.45) is 0 Å². The Morgan fingerprint density at radius 3 is 2.78 bits per heavy atom. The van der Waals surface area contributed by atoms with E-state index in [9.17, 15) is 20.1 Å². The largest absolute Gasteiger partial charge is 0.508 e. The number of fused-ring (bicyclic) bond motifs is 2. The van der Waals surface area contributed by atoms with E-state index in [0.29, 0.717) is 31.7 Å². The van der Waals surface area contributed by atoms with Gasteiger partial charge in [0.05, 0.1) is 23.9 Å². The number of piperidine rings is 2. The average molecular weight is 517 g/mol. The summed E-state index contributed by atoms with van der Waals surface area (Å²) in [5.41, 5.74) is 2.40. The van der Waals surface area contributed by atoms with Crippen LogP contribution < -0.4 is 4.74 Å². The molecule has 5 rings (SSSR count). The highest BCUT2D eigenvalue weighted by atomic mass is 35.5. The van der Waals surface area contributed by atoms with E-state index in [4.69, 9.17) is 21.1 Å². The van der Waals surface area contributed by atoms with Crippen LogP contribution in [0.15, 0.2) is 36.4 Å². The molecule has 36 heavy (non-hydrogen) atoms. The molecule has 2 aromatic rings. The number of carbonyl (C=O) groups excluding carboxylic acids is 1. The molecule has 2 fully saturated rings. The molecule has 0 saturated carbocycles. The lowest BCUT2D eigenvalue weighted by molar-refractivity contribution is -0.0835. The second-order valence-corrected chi connectivity index (χ2v) is 10.5. The van der Waals surface area contributed by atoms with Gasteiger partial charge in [-0.1, -0.05) is 17.7 Å². The first-order valence-electron chi connectivity index (χ1n) is 12.6. The molecule has 194 valence electrons. The predicted molar refractivity (Wildman–Crippen MR) is 134 cm³/mol. The molecule has 2 saturated heterocycles. The van der Waals surface area contributed by atoms with Crippen LogP contribution in [-0.2, 0) is 16.9 Å². The summed E-state index contributed by atoms with van der Waals surface area (Å²) in [5, 5.41) is 31.3. The number of phenolic OH excluding ortho intramolecular Hbond substituents is 1. The van der Waals surface area contributed by atoms with Crippen LogP contribution in [-0.4, -0.2) is 82.6 Å². The number of likely N-dealkylation sites (tertiary alicyclic amines) is 2. The van der Waals surface area contributed by atoms with Crippen molar-refractivity contribution in [2.45, 2.75) is 50.1 Å². The van der Waals surface area contributed by atoms with E-state index < -0.39 is 12.2 Å². The van der Waals surface area contributed by atoms with E-state index in [1.165, 1.54) is 23.8 Å². The molecule has 3 N–H and O–H groups in total. The summed E-state index contributed by atoms with van der Waals surface area (Å²) in [5.74, 6) is -0.0433. The van der Waals surface area contributed by atoms with Crippen molar-refractivity contribution in [3.05, 3.63) is 58.1 Å². The number of hydrogen-bond donors (Lipinski definition) is 3. The minimum Gasteiger partial charge on any atom is -0.508 e. The number of rotatable bonds is 6. The van der Waals surface area contributed by atoms with Gasteiger partial charge in [0.2, 0.25) is 0 Å². The van der Waals surface area contributed by atoms with Gasteiger partial charge < -0.3 is 34.6 Å². The lowest BCUT2D eigenvalue weighted by Crippen LogP contribution is -2.46. The Morgan fingerprint density at radius 2 is 2.00 bits per heavy atom. The fourth-order valence-electron chi connectivity index (χ4n) is 5.58. The van der Waals surface area contributed by atoms with Gasteiger partial charge in [0.1, 0.15) is 24.2 Å². The number of aliphatic hydroxyl groups excluding tert-OH is 2. The number of phenols is 1. The van der Waals surface area contributed by atoms with Crippen LogP contribution >= 0.6 is 11.6 Å². The molecule has 0 aromatic heterocycles. The number of amides is 1. The first kappa shape index (κ1) is 25.3. The highest BCUT2D eigenvalue weighted by Crippen LogP contribution is 2.44. The monoisotopic (exact) mass is 516 g/mol. The van der Waals surface area contributed by atoms with Crippen LogP contribution in [0.2, 0.25) is 5.02 Å². The number of aromatic hydroxyl groups is 1. The van der Waals surface area contributed by atoms with E-state index in [-0.39, 0.29) is 36.2 Å². The number of β-amino-alcohol motifs (C(OH)–C–C–N with tert-alkyl or cyclic N) is 2. The molecule has 3 aliphatic rings. The van der Waals surface area contributed by atoms with Crippen LogP contribution in [0.25, 0.3) is 0 Å². The molecule has 2 atom stereocenters. The van der Waals surface area contributed by atoms with Gasteiger partial charge >= 0.3 is 0 Å². The fourth-order valence-corrected chi connectivity index (χ4v) is 5.78. The number of hydrogen-bond acceptors (Lipinski definition) is 7. The number of halogens is 1. The summed E-state index contributed by atoms with van der Waals surface area (Å²) in [4.78, 5) is 16.8. The second kappa shape index (κ2) is 10.6. The maximum absolute atomic E-state index is 13.0. The molecule has 0 unspecified atom stereocenters. The van der Waals surface area contributed by atoms with Crippen molar-refractivity contribution in [2.75, 3.05) is 39.3 Å². The third kappa shape index (κ3) is 5.33. The van der Waals surface area contributed by atoms with E-state index in [1.54, 1.807) is 4.90 Å². The Kier molecular flexibility index (Phi) is 7.42. The maximum atomic E-state index is 13.0. The number of carbonyl (C=O) groups is 1. The molecule has 3 aliphatic heterocycles. The maximum Gasteiger partial charge on any atom is 0.257 e. The first-order chi connectivity index (χ1) is 17.3. The Morgan fingerprint density at radius 1 is 1.19 bits per heavy atom. The van der Waals surface area contributed by atoms with Crippen molar-refractivity contribution in [1.29, 1.82) is 0 Å². The van der Waals surface area contributed by atoms with Crippen LogP contribution in [0.5, 0.6) is 11.5 Å².